The summed E-state index contributed by atoms with van der Waals surface area (Å²) in [6.45, 7) is 1.73. The number of amides is 1. The predicted octanol–water partition coefficient (Wildman–Crippen LogP) is -0.772. The molecule has 1 fully saturated rings. The van der Waals surface area contributed by atoms with Crippen LogP contribution in [0.3, 0.4) is 0 Å². The second kappa shape index (κ2) is 4.94. The van der Waals surface area contributed by atoms with Crippen LogP contribution in [0, 0.1) is 5.92 Å². The van der Waals surface area contributed by atoms with E-state index in [-0.39, 0.29) is 17.6 Å². The monoisotopic (exact) mass is 234 g/mol. The molecule has 1 rings (SSSR count). The van der Waals surface area contributed by atoms with E-state index in [9.17, 15) is 13.2 Å². The highest BCUT2D eigenvalue weighted by atomic mass is 32.2. The Bertz CT molecular complexity index is 326. The predicted molar refractivity (Wildman–Crippen MR) is 58.1 cm³/mol. The summed E-state index contributed by atoms with van der Waals surface area (Å²) in [4.78, 5) is 13.1. The molecule has 1 heterocycles. The van der Waals surface area contributed by atoms with Gasteiger partial charge in [0.05, 0.1) is 5.75 Å². The van der Waals surface area contributed by atoms with Crippen molar-refractivity contribution in [2.45, 2.75) is 12.8 Å². The van der Waals surface area contributed by atoms with E-state index in [1.54, 1.807) is 4.90 Å². The summed E-state index contributed by atoms with van der Waals surface area (Å²) < 4.78 is 21.8. The van der Waals surface area contributed by atoms with E-state index >= 15 is 0 Å². The number of hydrogen-bond acceptors (Lipinski definition) is 4. The van der Waals surface area contributed by atoms with Crippen LogP contribution in [0.25, 0.3) is 0 Å². The van der Waals surface area contributed by atoms with Crippen molar-refractivity contribution in [2.24, 2.45) is 11.7 Å². The number of hydrogen-bond donors (Lipinski definition) is 1. The molecule has 1 unspecified atom stereocenters. The maximum Gasteiger partial charge on any atom is 0.222 e. The van der Waals surface area contributed by atoms with E-state index in [0.29, 0.717) is 32.5 Å². The minimum Gasteiger partial charge on any atom is -0.342 e. The SMILES string of the molecule is CS(=O)(=O)CCCN1CC(CN)CC1=O. The van der Waals surface area contributed by atoms with Crippen LogP contribution in [0.1, 0.15) is 12.8 Å². The normalized spacial score (nSPS) is 22.4. The van der Waals surface area contributed by atoms with Gasteiger partial charge in [-0.05, 0) is 18.9 Å². The minimum atomic E-state index is -2.92. The van der Waals surface area contributed by atoms with Crippen molar-refractivity contribution in [1.82, 2.24) is 4.90 Å². The first-order valence-corrected chi connectivity index (χ1v) is 7.14. The lowest BCUT2D eigenvalue weighted by Crippen LogP contribution is -2.28. The molecule has 2 N–H and O–H groups in total. The van der Waals surface area contributed by atoms with Crippen molar-refractivity contribution in [1.29, 1.82) is 0 Å². The molecule has 1 saturated heterocycles. The first-order valence-electron chi connectivity index (χ1n) is 5.08. The largest absolute Gasteiger partial charge is 0.342 e. The third kappa shape index (κ3) is 4.17. The van der Waals surface area contributed by atoms with Crippen molar-refractivity contribution >= 4 is 15.7 Å². The zero-order valence-electron chi connectivity index (χ0n) is 8.98. The molecule has 0 aromatic carbocycles. The Kier molecular flexibility index (Phi) is 4.10. The third-order valence-corrected chi connectivity index (χ3v) is 3.60. The lowest BCUT2D eigenvalue weighted by Gasteiger charge is -2.15. The molecule has 0 spiro atoms. The van der Waals surface area contributed by atoms with Gasteiger partial charge in [0.1, 0.15) is 9.84 Å². The molecule has 6 heteroatoms. The van der Waals surface area contributed by atoms with Gasteiger partial charge in [-0.25, -0.2) is 8.42 Å². The van der Waals surface area contributed by atoms with Gasteiger partial charge in [0, 0.05) is 25.8 Å². The highest BCUT2D eigenvalue weighted by molar-refractivity contribution is 7.90. The molecule has 1 aliphatic heterocycles. The second-order valence-corrected chi connectivity index (χ2v) is 6.39. The summed E-state index contributed by atoms with van der Waals surface area (Å²) in [5.74, 6) is 0.485. The topological polar surface area (TPSA) is 80.5 Å². The number of sulfone groups is 1. The fraction of sp³-hybridized carbons (Fsp3) is 0.889. The van der Waals surface area contributed by atoms with Gasteiger partial charge in [0.15, 0.2) is 0 Å². The fourth-order valence-corrected chi connectivity index (χ4v) is 2.40. The molecule has 0 saturated carbocycles. The fourth-order valence-electron chi connectivity index (χ4n) is 1.75. The molecular weight excluding hydrogens is 216 g/mol. The Morgan fingerprint density at radius 3 is 2.67 bits per heavy atom. The van der Waals surface area contributed by atoms with Crippen molar-refractivity contribution in [3.05, 3.63) is 0 Å². The Morgan fingerprint density at radius 2 is 2.20 bits per heavy atom. The van der Waals surface area contributed by atoms with Crippen molar-refractivity contribution in [3.8, 4) is 0 Å². The summed E-state index contributed by atoms with van der Waals surface area (Å²) in [6.07, 6.45) is 2.23. The molecule has 15 heavy (non-hydrogen) atoms. The van der Waals surface area contributed by atoms with E-state index in [4.69, 9.17) is 5.73 Å². The van der Waals surface area contributed by atoms with E-state index in [1.807, 2.05) is 0 Å². The quantitative estimate of drug-likeness (QED) is 0.677. The average Bonchev–Trinajstić information content (AvgIpc) is 2.45. The minimum absolute atomic E-state index is 0.0963. The van der Waals surface area contributed by atoms with Crippen LogP contribution in [0.2, 0.25) is 0 Å². The summed E-state index contributed by atoms with van der Waals surface area (Å²) in [5, 5.41) is 0. The van der Waals surface area contributed by atoms with Crippen LogP contribution in [0.5, 0.6) is 0 Å². The highest BCUT2D eigenvalue weighted by Gasteiger charge is 2.27. The molecule has 0 aromatic rings. The van der Waals surface area contributed by atoms with Crippen molar-refractivity contribution < 1.29 is 13.2 Å². The number of nitrogens with zero attached hydrogens (tertiary/aromatic N) is 1. The van der Waals surface area contributed by atoms with Gasteiger partial charge >= 0.3 is 0 Å². The Labute approximate surface area is 90.5 Å². The van der Waals surface area contributed by atoms with E-state index in [1.165, 1.54) is 6.26 Å². The summed E-state index contributed by atoms with van der Waals surface area (Å²) in [6, 6.07) is 0. The summed E-state index contributed by atoms with van der Waals surface area (Å²) in [7, 11) is -2.92. The smallest absolute Gasteiger partial charge is 0.222 e. The van der Waals surface area contributed by atoms with Crippen molar-refractivity contribution in [3.63, 3.8) is 0 Å². The molecule has 5 nitrogen and oxygen atoms in total. The Balaban J connectivity index is 2.31. The molecule has 88 valence electrons. The number of carbonyl (C=O) groups is 1. The Morgan fingerprint density at radius 1 is 1.53 bits per heavy atom. The van der Waals surface area contributed by atoms with Crippen molar-refractivity contribution in [2.75, 3.05) is 31.6 Å². The number of carbonyl (C=O) groups excluding carboxylic acids is 1. The van der Waals surface area contributed by atoms with Gasteiger partial charge < -0.3 is 10.6 Å². The first-order chi connectivity index (χ1) is 6.92. The highest BCUT2D eigenvalue weighted by Crippen LogP contribution is 2.16. The van der Waals surface area contributed by atoms with Crippen LogP contribution < -0.4 is 5.73 Å². The lowest BCUT2D eigenvalue weighted by molar-refractivity contribution is -0.127. The Hall–Kier alpha value is -0.620. The van der Waals surface area contributed by atoms with Gasteiger partial charge in [-0.15, -0.1) is 0 Å². The van der Waals surface area contributed by atoms with E-state index in [2.05, 4.69) is 0 Å². The van der Waals surface area contributed by atoms with Gasteiger partial charge in [0.25, 0.3) is 0 Å². The molecule has 0 aromatic heterocycles. The molecule has 0 aliphatic carbocycles. The molecule has 0 bridgehead atoms. The molecule has 1 amide bonds. The standard InChI is InChI=1S/C9H18N2O3S/c1-15(13,14)4-2-3-11-7-8(6-10)5-9(11)12/h8H,2-7,10H2,1H3. The van der Waals surface area contributed by atoms with Crippen LogP contribution in [-0.2, 0) is 14.6 Å². The van der Waals surface area contributed by atoms with Crippen LogP contribution in [-0.4, -0.2) is 50.9 Å². The average molecular weight is 234 g/mol. The molecular formula is C9H18N2O3S. The number of rotatable bonds is 5. The van der Waals surface area contributed by atoms with E-state index < -0.39 is 9.84 Å². The van der Waals surface area contributed by atoms with Gasteiger partial charge in [-0.3, -0.25) is 4.79 Å². The zero-order chi connectivity index (χ0) is 11.5. The third-order valence-electron chi connectivity index (χ3n) is 2.57. The lowest BCUT2D eigenvalue weighted by atomic mass is 10.1. The maximum atomic E-state index is 11.4. The van der Waals surface area contributed by atoms with Gasteiger partial charge in [-0.1, -0.05) is 0 Å². The number of likely N-dealkylation sites (tertiary alicyclic amines) is 1. The summed E-state index contributed by atoms with van der Waals surface area (Å²) in [5.41, 5.74) is 5.48. The zero-order valence-corrected chi connectivity index (χ0v) is 9.79. The first kappa shape index (κ1) is 12.4. The molecule has 1 aliphatic rings. The molecule has 0 radical (unpaired) electrons. The van der Waals surface area contributed by atoms with Gasteiger partial charge in [0.2, 0.25) is 5.91 Å². The molecule has 1 atom stereocenters. The van der Waals surface area contributed by atoms with E-state index in [0.717, 1.165) is 0 Å². The van der Waals surface area contributed by atoms with Gasteiger partial charge in [-0.2, -0.15) is 0 Å². The van der Waals surface area contributed by atoms with Crippen LogP contribution >= 0.6 is 0 Å². The maximum absolute atomic E-state index is 11.4. The van der Waals surface area contributed by atoms with Crippen LogP contribution in [0.4, 0.5) is 0 Å². The van der Waals surface area contributed by atoms with Crippen LogP contribution in [0.15, 0.2) is 0 Å². The number of nitrogens with two attached hydrogens (primary N) is 1. The second-order valence-electron chi connectivity index (χ2n) is 4.13. The summed E-state index contributed by atoms with van der Waals surface area (Å²) >= 11 is 0.